The molecule has 0 heterocycles. The molecule has 0 atom stereocenters. The molecule has 0 aromatic heterocycles. The van der Waals surface area contributed by atoms with E-state index in [1.807, 2.05) is 12.1 Å². The molecular weight excluding hydrogens is 702 g/mol. The molecular formula is C36H63NO16. The molecule has 0 aliphatic heterocycles. The van der Waals surface area contributed by atoms with Gasteiger partial charge in [0.25, 0.3) is 0 Å². The van der Waals surface area contributed by atoms with Gasteiger partial charge in [-0.1, -0.05) is 0 Å². The summed E-state index contributed by atoms with van der Waals surface area (Å²) < 4.78 is 70.5. The Labute approximate surface area is 313 Å². The number of carboxylic acids is 1. The van der Waals surface area contributed by atoms with Crippen molar-refractivity contribution in [2.75, 3.05) is 164 Å². The van der Waals surface area contributed by atoms with Gasteiger partial charge < -0.3 is 72.4 Å². The summed E-state index contributed by atoms with van der Waals surface area (Å²) in [6, 6.07) is 7.24. The van der Waals surface area contributed by atoms with Gasteiger partial charge in [0.05, 0.1) is 145 Å². The average Bonchev–Trinajstić information content (AvgIpc) is 3.15. The average molecular weight is 766 g/mol. The SMILES string of the molecule is Nc1ccc(OCCOCCOCCOCCOCCOCCOCCOCCOCCOCCOCCOCCOC(=O)CCCCC(=O)O)cc1. The number of carbonyl (C=O) groups is 2. The molecule has 0 amide bonds. The first-order chi connectivity index (χ1) is 26.1. The first kappa shape index (κ1) is 48.3. The highest BCUT2D eigenvalue weighted by Crippen LogP contribution is 2.12. The summed E-state index contributed by atoms with van der Waals surface area (Å²) in [4.78, 5) is 21.9. The van der Waals surface area contributed by atoms with Crippen LogP contribution in [-0.2, 0) is 66.4 Å². The number of nitrogen functional groups attached to an aromatic ring is 1. The largest absolute Gasteiger partial charge is 0.491 e. The van der Waals surface area contributed by atoms with Crippen LogP contribution in [0.4, 0.5) is 5.69 Å². The highest BCUT2D eigenvalue weighted by molar-refractivity contribution is 5.69. The van der Waals surface area contributed by atoms with Crippen molar-refractivity contribution in [3.8, 4) is 5.75 Å². The number of anilines is 1. The topological polar surface area (TPSA) is 200 Å². The summed E-state index contributed by atoms with van der Waals surface area (Å²) in [5, 5.41) is 8.56. The van der Waals surface area contributed by atoms with E-state index in [1.54, 1.807) is 12.1 Å². The number of carbonyl (C=O) groups excluding carboxylic acids is 1. The van der Waals surface area contributed by atoms with Gasteiger partial charge in [-0.2, -0.15) is 0 Å². The van der Waals surface area contributed by atoms with Crippen LogP contribution in [-0.4, -0.2) is 176 Å². The van der Waals surface area contributed by atoms with Crippen LogP contribution in [0.25, 0.3) is 0 Å². The third-order valence-corrected chi connectivity index (χ3v) is 6.61. The third-order valence-electron chi connectivity index (χ3n) is 6.61. The van der Waals surface area contributed by atoms with Crippen molar-refractivity contribution in [2.24, 2.45) is 0 Å². The first-order valence-electron chi connectivity index (χ1n) is 18.3. The lowest BCUT2D eigenvalue weighted by Gasteiger charge is -2.09. The van der Waals surface area contributed by atoms with E-state index >= 15 is 0 Å². The lowest BCUT2D eigenvalue weighted by Crippen LogP contribution is -2.16. The monoisotopic (exact) mass is 765 g/mol. The van der Waals surface area contributed by atoms with E-state index in [0.29, 0.717) is 164 Å². The van der Waals surface area contributed by atoms with E-state index in [-0.39, 0.29) is 32.0 Å². The number of hydrogen-bond acceptors (Lipinski definition) is 16. The molecule has 53 heavy (non-hydrogen) atoms. The predicted molar refractivity (Wildman–Crippen MR) is 192 cm³/mol. The summed E-state index contributed by atoms with van der Waals surface area (Å²) in [6.07, 6.45) is 1.22. The van der Waals surface area contributed by atoms with E-state index in [0.717, 1.165) is 5.75 Å². The zero-order valence-corrected chi connectivity index (χ0v) is 31.3. The van der Waals surface area contributed by atoms with E-state index in [4.69, 9.17) is 72.4 Å². The van der Waals surface area contributed by atoms with Crippen molar-refractivity contribution < 1.29 is 76.3 Å². The minimum absolute atomic E-state index is 0.0575. The Morgan fingerprint density at radius 2 is 0.698 bits per heavy atom. The summed E-state index contributed by atoms with van der Waals surface area (Å²) in [7, 11) is 0. The molecule has 0 saturated heterocycles. The standard InChI is InChI=1S/C36H63NO16/c37-33-5-7-34(8-6-33)52-31-29-50-27-25-48-23-21-46-19-17-44-15-13-42-11-9-41-10-12-43-14-16-45-18-20-47-22-24-49-26-28-51-30-32-53-36(40)4-2-1-3-35(38)39/h5-8H,1-4,9-32,37H2,(H,38,39). The van der Waals surface area contributed by atoms with Gasteiger partial charge >= 0.3 is 11.9 Å². The van der Waals surface area contributed by atoms with Crippen molar-refractivity contribution in [2.45, 2.75) is 25.7 Å². The lowest BCUT2D eigenvalue weighted by molar-refractivity contribution is -0.146. The zero-order chi connectivity index (χ0) is 38.1. The van der Waals surface area contributed by atoms with Crippen LogP contribution < -0.4 is 10.5 Å². The lowest BCUT2D eigenvalue weighted by atomic mass is 10.2. The van der Waals surface area contributed by atoms with Gasteiger partial charge in [0, 0.05) is 18.5 Å². The molecule has 3 N–H and O–H groups in total. The molecule has 1 rings (SSSR count). The summed E-state index contributed by atoms with van der Waals surface area (Å²) in [5.74, 6) is -0.451. The Balaban J connectivity index is 1.63. The van der Waals surface area contributed by atoms with Crippen molar-refractivity contribution >= 4 is 17.6 Å². The second kappa shape index (κ2) is 39.0. The highest BCUT2D eigenvalue weighted by atomic mass is 16.6. The maximum Gasteiger partial charge on any atom is 0.305 e. The van der Waals surface area contributed by atoms with Gasteiger partial charge in [-0.05, 0) is 37.1 Å². The number of hydrogen-bond donors (Lipinski definition) is 2. The molecule has 0 bridgehead atoms. The Hall–Kier alpha value is -2.68. The number of aliphatic carboxylic acids is 1. The van der Waals surface area contributed by atoms with E-state index in [9.17, 15) is 9.59 Å². The number of benzene rings is 1. The van der Waals surface area contributed by atoms with Gasteiger partial charge in [0.15, 0.2) is 0 Å². The minimum Gasteiger partial charge on any atom is -0.491 e. The Bertz CT molecular complexity index is 943. The molecule has 0 radical (unpaired) electrons. The second-order valence-electron chi connectivity index (χ2n) is 11.0. The van der Waals surface area contributed by atoms with Gasteiger partial charge in [-0.15, -0.1) is 0 Å². The fourth-order valence-electron chi connectivity index (χ4n) is 3.92. The number of nitrogens with two attached hydrogens (primary N) is 1. The molecule has 17 heteroatoms. The number of ether oxygens (including phenoxy) is 13. The Kier molecular flexibility index (Phi) is 35.6. The van der Waals surface area contributed by atoms with Crippen LogP contribution >= 0.6 is 0 Å². The zero-order valence-electron chi connectivity index (χ0n) is 31.3. The number of carboxylic acid groups (broad SMARTS) is 1. The summed E-state index contributed by atoms with van der Waals surface area (Å²) >= 11 is 0. The van der Waals surface area contributed by atoms with Gasteiger partial charge in [0.1, 0.15) is 19.0 Å². The van der Waals surface area contributed by atoms with Gasteiger partial charge in [-0.25, -0.2) is 0 Å². The minimum atomic E-state index is -0.865. The molecule has 0 unspecified atom stereocenters. The predicted octanol–water partition coefficient (Wildman–Crippen LogP) is 2.02. The molecule has 1 aromatic rings. The summed E-state index contributed by atoms with van der Waals surface area (Å²) in [5.41, 5.74) is 6.34. The quantitative estimate of drug-likeness (QED) is 0.0556. The normalized spacial score (nSPS) is 11.2. The van der Waals surface area contributed by atoms with Gasteiger partial charge in [0.2, 0.25) is 0 Å². The van der Waals surface area contributed by atoms with Crippen LogP contribution in [0.1, 0.15) is 25.7 Å². The van der Waals surface area contributed by atoms with Gasteiger partial charge in [-0.3, -0.25) is 9.59 Å². The second-order valence-corrected chi connectivity index (χ2v) is 11.0. The third kappa shape index (κ3) is 37.4. The molecule has 1 aromatic carbocycles. The van der Waals surface area contributed by atoms with Crippen LogP contribution in [0.3, 0.4) is 0 Å². The summed E-state index contributed by atoms with van der Waals surface area (Å²) in [6.45, 7) is 10.8. The molecule has 0 fully saturated rings. The fraction of sp³-hybridized carbons (Fsp3) is 0.778. The van der Waals surface area contributed by atoms with Crippen molar-refractivity contribution in [3.63, 3.8) is 0 Å². The molecule has 0 aliphatic rings. The smallest absolute Gasteiger partial charge is 0.305 e. The highest BCUT2D eigenvalue weighted by Gasteiger charge is 2.04. The molecule has 17 nitrogen and oxygen atoms in total. The van der Waals surface area contributed by atoms with E-state index in [1.165, 1.54) is 0 Å². The molecule has 308 valence electrons. The molecule has 0 saturated carbocycles. The van der Waals surface area contributed by atoms with Crippen LogP contribution in [0.15, 0.2) is 24.3 Å². The first-order valence-corrected chi connectivity index (χ1v) is 18.3. The molecule has 0 aliphatic carbocycles. The van der Waals surface area contributed by atoms with E-state index in [2.05, 4.69) is 0 Å². The van der Waals surface area contributed by atoms with Crippen molar-refractivity contribution in [1.29, 1.82) is 0 Å². The number of esters is 1. The van der Waals surface area contributed by atoms with Crippen LogP contribution in [0, 0.1) is 0 Å². The fourth-order valence-corrected chi connectivity index (χ4v) is 3.92. The van der Waals surface area contributed by atoms with Crippen LogP contribution in [0.5, 0.6) is 5.75 Å². The Morgan fingerprint density at radius 1 is 0.415 bits per heavy atom. The maximum atomic E-state index is 11.5. The van der Waals surface area contributed by atoms with Crippen molar-refractivity contribution in [3.05, 3.63) is 24.3 Å². The molecule has 0 spiro atoms. The van der Waals surface area contributed by atoms with E-state index < -0.39 is 5.97 Å². The van der Waals surface area contributed by atoms with Crippen molar-refractivity contribution in [1.82, 2.24) is 0 Å². The number of unbranched alkanes of at least 4 members (excludes halogenated alkanes) is 1. The van der Waals surface area contributed by atoms with Crippen LogP contribution in [0.2, 0.25) is 0 Å². The Morgan fingerprint density at radius 3 is 1.02 bits per heavy atom. The number of rotatable bonds is 42. The maximum absolute atomic E-state index is 11.5.